The smallest absolute Gasteiger partial charge is 0.228 e. The zero-order valence-electron chi connectivity index (χ0n) is 10.5. The first-order chi connectivity index (χ1) is 8.81. The monoisotopic (exact) mass is 245 g/mol. The maximum absolute atomic E-state index is 11.3. The predicted molar refractivity (Wildman–Crippen MR) is 71.8 cm³/mol. The second-order valence-electron chi connectivity index (χ2n) is 5.11. The molecule has 18 heavy (non-hydrogen) atoms. The molecule has 0 saturated carbocycles. The van der Waals surface area contributed by atoms with E-state index in [0.717, 1.165) is 37.3 Å². The molecule has 0 spiro atoms. The highest BCUT2D eigenvalue weighted by molar-refractivity contribution is 5.99. The van der Waals surface area contributed by atoms with Crippen molar-refractivity contribution in [3.63, 3.8) is 0 Å². The van der Waals surface area contributed by atoms with Gasteiger partial charge >= 0.3 is 0 Å². The maximum atomic E-state index is 11.3. The average Bonchev–Trinajstić information content (AvgIpc) is 2.96. The topological polar surface area (TPSA) is 53.2 Å². The van der Waals surface area contributed by atoms with Crippen LogP contribution in [0.3, 0.4) is 0 Å². The van der Waals surface area contributed by atoms with Crippen LogP contribution in [0.15, 0.2) is 18.2 Å². The summed E-state index contributed by atoms with van der Waals surface area (Å²) in [6, 6.07) is 6.91. The van der Waals surface area contributed by atoms with Crippen LogP contribution in [-0.4, -0.2) is 31.6 Å². The lowest BCUT2D eigenvalue weighted by Gasteiger charge is -2.11. The molecule has 1 saturated heterocycles. The standard InChI is InChI=1S/C14H19N3O/c18-14-8-11-7-10(1-2-13(11)17-14)3-6-16-12-4-5-15-9-12/h1-2,7,12,15-16H,3-6,8-9H2,(H,17,18). The van der Waals surface area contributed by atoms with Gasteiger partial charge < -0.3 is 16.0 Å². The van der Waals surface area contributed by atoms with Crippen LogP contribution in [0.4, 0.5) is 5.69 Å². The molecule has 0 aromatic heterocycles. The number of hydrogen-bond donors (Lipinski definition) is 3. The van der Waals surface area contributed by atoms with E-state index in [1.54, 1.807) is 0 Å². The van der Waals surface area contributed by atoms with Crippen molar-refractivity contribution in [1.82, 2.24) is 10.6 Å². The summed E-state index contributed by atoms with van der Waals surface area (Å²) in [5.74, 6) is 0.109. The van der Waals surface area contributed by atoms with Crippen molar-refractivity contribution in [3.8, 4) is 0 Å². The predicted octanol–water partition coefficient (Wildman–Crippen LogP) is 0.675. The van der Waals surface area contributed by atoms with Crippen LogP contribution in [0, 0.1) is 0 Å². The van der Waals surface area contributed by atoms with E-state index in [0.29, 0.717) is 12.5 Å². The summed E-state index contributed by atoms with van der Waals surface area (Å²) in [7, 11) is 0. The Hall–Kier alpha value is -1.39. The van der Waals surface area contributed by atoms with E-state index in [9.17, 15) is 4.79 Å². The molecule has 96 valence electrons. The van der Waals surface area contributed by atoms with Crippen LogP contribution in [0.1, 0.15) is 17.5 Å². The molecule has 3 N–H and O–H groups in total. The van der Waals surface area contributed by atoms with Gasteiger partial charge in [-0.05, 0) is 43.1 Å². The fraction of sp³-hybridized carbons (Fsp3) is 0.500. The minimum absolute atomic E-state index is 0.109. The molecule has 1 aromatic carbocycles. The zero-order chi connectivity index (χ0) is 12.4. The van der Waals surface area contributed by atoms with Crippen LogP contribution in [-0.2, 0) is 17.6 Å². The summed E-state index contributed by atoms with van der Waals surface area (Å²) in [5.41, 5.74) is 3.43. The van der Waals surface area contributed by atoms with E-state index < -0.39 is 0 Å². The van der Waals surface area contributed by atoms with Crippen molar-refractivity contribution in [2.45, 2.75) is 25.3 Å². The first-order valence-electron chi connectivity index (χ1n) is 6.67. The van der Waals surface area contributed by atoms with Crippen LogP contribution in [0.5, 0.6) is 0 Å². The summed E-state index contributed by atoms with van der Waals surface area (Å²) < 4.78 is 0. The Morgan fingerprint density at radius 3 is 3.17 bits per heavy atom. The Kier molecular flexibility index (Phi) is 3.30. The first-order valence-corrected chi connectivity index (χ1v) is 6.67. The fourth-order valence-electron chi connectivity index (χ4n) is 2.69. The molecule has 1 unspecified atom stereocenters. The number of fused-ring (bicyclic) bond motifs is 1. The van der Waals surface area contributed by atoms with Gasteiger partial charge in [-0.3, -0.25) is 4.79 Å². The van der Waals surface area contributed by atoms with Crippen LogP contribution >= 0.6 is 0 Å². The summed E-state index contributed by atoms with van der Waals surface area (Å²) in [5, 5.41) is 9.78. The van der Waals surface area contributed by atoms with Crippen molar-refractivity contribution >= 4 is 11.6 Å². The second-order valence-corrected chi connectivity index (χ2v) is 5.11. The number of rotatable bonds is 4. The molecule has 1 aromatic rings. The van der Waals surface area contributed by atoms with E-state index in [4.69, 9.17) is 0 Å². The van der Waals surface area contributed by atoms with Gasteiger partial charge in [0.25, 0.3) is 0 Å². The number of amides is 1. The highest BCUT2D eigenvalue weighted by atomic mass is 16.1. The van der Waals surface area contributed by atoms with E-state index >= 15 is 0 Å². The molecule has 0 bridgehead atoms. The van der Waals surface area contributed by atoms with Gasteiger partial charge in [0.1, 0.15) is 0 Å². The van der Waals surface area contributed by atoms with Gasteiger partial charge in [-0.15, -0.1) is 0 Å². The largest absolute Gasteiger partial charge is 0.326 e. The van der Waals surface area contributed by atoms with Gasteiger partial charge in [0.05, 0.1) is 6.42 Å². The molecular formula is C14H19N3O. The molecule has 1 atom stereocenters. The average molecular weight is 245 g/mol. The van der Waals surface area contributed by atoms with E-state index in [1.165, 1.54) is 12.0 Å². The lowest BCUT2D eigenvalue weighted by Crippen LogP contribution is -2.32. The molecular weight excluding hydrogens is 226 g/mol. The summed E-state index contributed by atoms with van der Waals surface area (Å²) >= 11 is 0. The second kappa shape index (κ2) is 5.08. The van der Waals surface area contributed by atoms with Gasteiger partial charge in [-0.25, -0.2) is 0 Å². The lowest BCUT2D eigenvalue weighted by atomic mass is 10.1. The zero-order valence-corrected chi connectivity index (χ0v) is 10.5. The Bertz CT molecular complexity index is 452. The molecule has 1 amide bonds. The third-order valence-corrected chi connectivity index (χ3v) is 3.70. The summed E-state index contributed by atoms with van der Waals surface area (Å²) in [6.07, 6.45) is 2.78. The Morgan fingerprint density at radius 2 is 2.33 bits per heavy atom. The van der Waals surface area contributed by atoms with Crippen molar-refractivity contribution < 1.29 is 4.79 Å². The number of carbonyl (C=O) groups is 1. The van der Waals surface area contributed by atoms with Gasteiger partial charge in [-0.1, -0.05) is 12.1 Å². The molecule has 2 heterocycles. The van der Waals surface area contributed by atoms with E-state index in [1.807, 2.05) is 6.07 Å². The van der Waals surface area contributed by atoms with Crippen LogP contribution in [0.25, 0.3) is 0 Å². The van der Waals surface area contributed by atoms with Gasteiger partial charge in [0.2, 0.25) is 5.91 Å². The SMILES string of the molecule is O=C1Cc2cc(CCNC3CCNC3)ccc2N1. The van der Waals surface area contributed by atoms with Crippen LogP contribution < -0.4 is 16.0 Å². The number of carbonyl (C=O) groups excluding carboxylic acids is 1. The number of hydrogen-bond acceptors (Lipinski definition) is 3. The molecule has 4 heteroatoms. The number of anilines is 1. The lowest BCUT2D eigenvalue weighted by molar-refractivity contribution is -0.115. The molecule has 2 aliphatic rings. The van der Waals surface area contributed by atoms with Crippen molar-refractivity contribution in [3.05, 3.63) is 29.3 Å². The third-order valence-electron chi connectivity index (χ3n) is 3.70. The molecule has 3 rings (SSSR count). The minimum atomic E-state index is 0.109. The Labute approximate surface area is 107 Å². The third kappa shape index (κ3) is 2.54. The van der Waals surface area contributed by atoms with E-state index in [-0.39, 0.29) is 5.91 Å². The Balaban J connectivity index is 1.54. The molecule has 2 aliphatic heterocycles. The van der Waals surface area contributed by atoms with E-state index in [2.05, 4.69) is 28.1 Å². The molecule has 1 fully saturated rings. The number of nitrogens with one attached hydrogen (secondary N) is 3. The maximum Gasteiger partial charge on any atom is 0.228 e. The summed E-state index contributed by atoms with van der Waals surface area (Å²) in [4.78, 5) is 11.3. The van der Waals surface area contributed by atoms with Gasteiger partial charge in [0.15, 0.2) is 0 Å². The highest BCUT2D eigenvalue weighted by Crippen LogP contribution is 2.23. The Morgan fingerprint density at radius 1 is 1.39 bits per heavy atom. The van der Waals surface area contributed by atoms with Crippen molar-refractivity contribution in [2.24, 2.45) is 0 Å². The summed E-state index contributed by atoms with van der Waals surface area (Å²) in [6.45, 7) is 3.22. The van der Waals surface area contributed by atoms with Crippen LogP contribution in [0.2, 0.25) is 0 Å². The molecule has 0 radical (unpaired) electrons. The normalized spacial score (nSPS) is 22.0. The van der Waals surface area contributed by atoms with Gasteiger partial charge in [0, 0.05) is 18.3 Å². The molecule has 0 aliphatic carbocycles. The fourth-order valence-corrected chi connectivity index (χ4v) is 2.69. The number of benzene rings is 1. The quantitative estimate of drug-likeness (QED) is 0.731. The minimum Gasteiger partial charge on any atom is -0.326 e. The highest BCUT2D eigenvalue weighted by Gasteiger charge is 2.17. The molecule has 4 nitrogen and oxygen atoms in total. The van der Waals surface area contributed by atoms with Gasteiger partial charge in [-0.2, -0.15) is 0 Å². The first kappa shape index (κ1) is 11.7. The van der Waals surface area contributed by atoms with Crippen molar-refractivity contribution in [1.29, 1.82) is 0 Å². The van der Waals surface area contributed by atoms with Crippen molar-refractivity contribution in [2.75, 3.05) is 25.0 Å².